The summed E-state index contributed by atoms with van der Waals surface area (Å²) in [5, 5.41) is 21.7. The number of carboxylic acids is 1. The van der Waals surface area contributed by atoms with E-state index in [4.69, 9.17) is 19.9 Å². The third-order valence-corrected chi connectivity index (χ3v) is 7.81. The van der Waals surface area contributed by atoms with Crippen molar-refractivity contribution < 1.29 is 50.8 Å². The number of nitrogens with two attached hydrogens (primary N) is 1. The molecule has 1 fully saturated rings. The molecule has 20 heteroatoms. The van der Waals surface area contributed by atoms with Gasteiger partial charge in [-0.3, -0.25) is 14.1 Å². The molecule has 1 aliphatic heterocycles. The quantitative estimate of drug-likeness (QED) is 0.0478. The van der Waals surface area contributed by atoms with Gasteiger partial charge in [0.05, 0.1) is 45.3 Å². The molecule has 1 unspecified atom stereocenters. The summed E-state index contributed by atoms with van der Waals surface area (Å²) in [4.78, 5) is 51.5. The monoisotopic (exact) mass is 695 g/mol. The second-order valence-corrected chi connectivity index (χ2v) is 13.8. The summed E-state index contributed by atoms with van der Waals surface area (Å²) < 4.78 is 41.9. The minimum atomic E-state index is -5.02. The predicted octanol–water partition coefficient (Wildman–Crippen LogP) is 0.485. The molecule has 47 heavy (non-hydrogen) atoms. The highest BCUT2D eigenvalue weighted by molar-refractivity contribution is 7.80. The van der Waals surface area contributed by atoms with Gasteiger partial charge in [0.2, 0.25) is 0 Å². The number of nitrogens with one attached hydrogen (secondary N) is 2. The van der Waals surface area contributed by atoms with Gasteiger partial charge in [0, 0.05) is 10.8 Å². The number of pyridine rings is 1. The number of hydrogen-bond acceptors (Lipinski definition) is 14. The number of oxime groups is 1. The topological polar surface area (TPSA) is 245 Å². The smallest absolute Gasteiger partial charge is 0.418 e. The van der Waals surface area contributed by atoms with E-state index in [1.807, 2.05) is 12.1 Å². The van der Waals surface area contributed by atoms with E-state index in [-0.39, 0.29) is 10.8 Å². The molecule has 1 aromatic carbocycles. The lowest BCUT2D eigenvalue weighted by Crippen LogP contribution is -2.76. The number of carboxylic acid groups (broad SMARTS) is 1. The first-order chi connectivity index (χ1) is 21.8. The molecule has 0 aliphatic carbocycles. The molecule has 3 heterocycles. The number of likely N-dealkylation sites (N-methyl/N-ethyl adjacent to an activating group) is 1. The Hall–Kier alpha value is -4.63. The number of hydroxylamine groups is 2. The summed E-state index contributed by atoms with van der Waals surface area (Å²) >= 11 is 0.960. The summed E-state index contributed by atoms with van der Waals surface area (Å²) in [5.41, 5.74) is 4.36. The SMILES string of the molecule is CC1(C)[C@H](NC(=O)/C(=N\OC(COc2ccc3nc(NCC[N+](C)(C)C)ccc3c2)C(=O)O)c2csc(N)n2)C(=O)N1OS(=O)(=O)O. The Morgan fingerprint density at radius 2 is 1.94 bits per heavy atom. The molecule has 0 saturated carbocycles. The van der Waals surface area contributed by atoms with Crippen LogP contribution in [0.4, 0.5) is 10.9 Å². The van der Waals surface area contributed by atoms with Gasteiger partial charge in [0.1, 0.15) is 29.9 Å². The van der Waals surface area contributed by atoms with Crippen molar-refractivity contribution in [3.63, 3.8) is 0 Å². The molecular weight excluding hydrogens is 660 g/mol. The number of amides is 2. The number of hydrogen-bond donors (Lipinski definition) is 5. The second kappa shape index (κ2) is 13.6. The maximum Gasteiger partial charge on any atom is 0.418 e. The van der Waals surface area contributed by atoms with E-state index in [9.17, 15) is 27.9 Å². The van der Waals surface area contributed by atoms with Gasteiger partial charge in [-0.25, -0.2) is 14.8 Å². The number of benzene rings is 1. The Morgan fingerprint density at radius 1 is 1.21 bits per heavy atom. The van der Waals surface area contributed by atoms with Crippen molar-refractivity contribution in [2.45, 2.75) is 31.5 Å². The number of rotatable bonds is 15. The number of quaternary nitrogens is 1. The van der Waals surface area contributed by atoms with Crippen molar-refractivity contribution in [2.24, 2.45) is 5.16 Å². The number of anilines is 2. The lowest BCUT2D eigenvalue weighted by Gasteiger charge is -2.50. The average molecular weight is 696 g/mol. The Bertz CT molecular complexity index is 1810. The maximum atomic E-state index is 13.2. The van der Waals surface area contributed by atoms with Crippen LogP contribution in [0.1, 0.15) is 19.5 Å². The van der Waals surface area contributed by atoms with Crippen molar-refractivity contribution in [3.05, 3.63) is 41.4 Å². The molecule has 3 aromatic rings. The Balaban J connectivity index is 1.45. The van der Waals surface area contributed by atoms with Gasteiger partial charge in [-0.15, -0.1) is 15.6 Å². The van der Waals surface area contributed by atoms with Crippen LogP contribution in [0, 0.1) is 0 Å². The zero-order valence-corrected chi connectivity index (χ0v) is 27.7. The minimum Gasteiger partial charge on any atom is -0.489 e. The summed E-state index contributed by atoms with van der Waals surface area (Å²) in [7, 11) is 1.27. The molecule has 2 atom stereocenters. The van der Waals surface area contributed by atoms with E-state index in [2.05, 4.69) is 51.2 Å². The Labute approximate surface area is 273 Å². The molecule has 0 spiro atoms. The largest absolute Gasteiger partial charge is 0.489 e. The van der Waals surface area contributed by atoms with Crippen molar-refractivity contribution in [1.82, 2.24) is 20.3 Å². The molecule has 1 saturated heterocycles. The van der Waals surface area contributed by atoms with Crippen LogP contribution in [0.2, 0.25) is 0 Å². The van der Waals surface area contributed by atoms with E-state index in [1.165, 1.54) is 19.2 Å². The normalized spacial score (nSPS) is 17.1. The van der Waals surface area contributed by atoms with Crippen molar-refractivity contribution >= 4 is 67.1 Å². The van der Waals surface area contributed by atoms with E-state index < -0.39 is 58.2 Å². The van der Waals surface area contributed by atoms with Gasteiger partial charge in [-0.05, 0) is 44.2 Å². The summed E-state index contributed by atoms with van der Waals surface area (Å²) in [6.07, 6.45) is -1.68. The summed E-state index contributed by atoms with van der Waals surface area (Å²) in [5.74, 6) is -2.42. The first-order valence-corrected chi connectivity index (χ1v) is 16.2. The molecular formula is C27H35N8O10S2+. The minimum absolute atomic E-state index is 0.0595. The predicted molar refractivity (Wildman–Crippen MR) is 170 cm³/mol. The molecule has 6 N–H and O–H groups in total. The lowest BCUT2D eigenvalue weighted by atomic mass is 9.84. The molecule has 1 aliphatic rings. The maximum absolute atomic E-state index is 13.2. The number of fused-ring (bicyclic) bond motifs is 1. The zero-order chi connectivity index (χ0) is 34.7. The summed E-state index contributed by atoms with van der Waals surface area (Å²) in [6, 6.07) is 7.39. The van der Waals surface area contributed by atoms with Crippen LogP contribution in [0.25, 0.3) is 10.9 Å². The van der Waals surface area contributed by atoms with Gasteiger partial charge in [0.25, 0.3) is 17.9 Å². The Morgan fingerprint density at radius 3 is 2.53 bits per heavy atom. The van der Waals surface area contributed by atoms with Gasteiger partial charge >= 0.3 is 16.4 Å². The van der Waals surface area contributed by atoms with E-state index in [0.717, 1.165) is 34.3 Å². The molecule has 4 rings (SSSR count). The van der Waals surface area contributed by atoms with Crippen LogP contribution in [0.15, 0.2) is 40.9 Å². The van der Waals surface area contributed by atoms with Crippen LogP contribution in [0.3, 0.4) is 0 Å². The van der Waals surface area contributed by atoms with Gasteiger partial charge in [0.15, 0.2) is 10.8 Å². The van der Waals surface area contributed by atoms with Crippen LogP contribution in [0.5, 0.6) is 5.75 Å². The first kappa shape index (κ1) is 35.2. The number of thiazole rings is 1. The fraction of sp³-hybridized carbons (Fsp3) is 0.407. The van der Waals surface area contributed by atoms with Gasteiger partial charge in [-0.2, -0.15) is 13.5 Å². The van der Waals surface area contributed by atoms with Crippen LogP contribution >= 0.6 is 11.3 Å². The van der Waals surface area contributed by atoms with Crippen molar-refractivity contribution in [2.75, 3.05) is 51.9 Å². The molecule has 0 radical (unpaired) electrons. The number of carbonyl (C=O) groups is 3. The first-order valence-electron chi connectivity index (χ1n) is 13.9. The van der Waals surface area contributed by atoms with E-state index in [1.54, 1.807) is 18.2 Å². The highest BCUT2D eigenvalue weighted by Crippen LogP contribution is 2.33. The third-order valence-electron chi connectivity index (χ3n) is 6.80. The molecule has 0 bridgehead atoms. The number of nitrogen functional groups attached to an aromatic ring is 1. The van der Waals surface area contributed by atoms with Crippen LogP contribution in [-0.2, 0) is 33.9 Å². The number of aromatic nitrogens is 2. The van der Waals surface area contributed by atoms with Crippen molar-refractivity contribution in [1.29, 1.82) is 0 Å². The number of ether oxygens (including phenoxy) is 1. The van der Waals surface area contributed by atoms with Crippen LogP contribution < -0.4 is 21.1 Å². The number of aliphatic carboxylic acids is 1. The fourth-order valence-corrected chi connectivity index (χ4v) is 5.27. The molecule has 18 nitrogen and oxygen atoms in total. The fourth-order valence-electron chi connectivity index (χ4n) is 4.27. The van der Waals surface area contributed by atoms with Gasteiger partial charge < -0.3 is 35.5 Å². The number of carbonyl (C=O) groups excluding carboxylic acids is 2. The molecule has 2 amide bonds. The Kier molecular flexibility index (Phi) is 10.2. The van der Waals surface area contributed by atoms with Crippen molar-refractivity contribution in [3.8, 4) is 5.75 Å². The zero-order valence-electron chi connectivity index (χ0n) is 26.0. The second-order valence-electron chi connectivity index (χ2n) is 11.9. The highest BCUT2D eigenvalue weighted by Gasteiger charge is 2.58. The van der Waals surface area contributed by atoms with Crippen LogP contribution in [-0.4, -0.2) is 120 Å². The standard InChI is InChI=1S/C27H34N8O10S2/c1-27(2)22(24(37)34(27)45-47(40,41)42)32-23(36)21(18-14-46-26(28)31-18)33-44-19(25(38)39)13-43-16-7-8-17-15(12-16)6-9-20(30-17)29-10-11-35(3,4)5/h6-9,12,14,19,22H,10-11,13H2,1-5H3,(H5-,28,29,30,31,32,36,38,39,40,41,42)/p+1/b33-21-/t19?,22-/m1/s1. The molecule has 2 aromatic heterocycles. The third kappa shape index (κ3) is 9.01. The van der Waals surface area contributed by atoms with E-state index in [0.29, 0.717) is 22.1 Å². The summed E-state index contributed by atoms with van der Waals surface area (Å²) in [6.45, 7) is 3.86. The lowest BCUT2D eigenvalue weighted by molar-refractivity contribution is -0.868. The average Bonchev–Trinajstić information content (AvgIpc) is 3.40. The van der Waals surface area contributed by atoms with E-state index >= 15 is 0 Å². The molecule has 254 valence electrons. The number of β-lactam (4-membered cyclic amide) rings is 1. The van der Waals surface area contributed by atoms with Gasteiger partial charge in [-0.1, -0.05) is 5.16 Å². The number of nitrogens with zero attached hydrogens (tertiary/aromatic N) is 5. The highest BCUT2D eigenvalue weighted by atomic mass is 32.3.